The van der Waals surface area contributed by atoms with Gasteiger partial charge < -0.3 is 9.57 Å². The number of ether oxygens (including phenoxy) is 1. The lowest BCUT2D eigenvalue weighted by molar-refractivity contribution is -0.384. The van der Waals surface area contributed by atoms with E-state index in [1.165, 1.54) is 18.2 Å². The molecule has 0 aromatic heterocycles. The molecule has 0 amide bonds. The van der Waals surface area contributed by atoms with Gasteiger partial charge in [0, 0.05) is 12.1 Å². The SMILES string of the molecule is COc1ccc(C=CC(C)=NOC(=O)c2cccc([N+](=O)[O-])c2)cc1. The van der Waals surface area contributed by atoms with Crippen molar-refractivity contribution in [1.29, 1.82) is 0 Å². The number of benzene rings is 2. The van der Waals surface area contributed by atoms with Crippen molar-refractivity contribution in [3.8, 4) is 5.75 Å². The Morgan fingerprint density at radius 3 is 2.56 bits per heavy atom. The van der Waals surface area contributed by atoms with Gasteiger partial charge in [-0.1, -0.05) is 29.4 Å². The molecule has 0 bridgehead atoms. The van der Waals surface area contributed by atoms with E-state index in [9.17, 15) is 14.9 Å². The smallest absolute Gasteiger partial charge is 0.365 e. The molecule has 0 aliphatic rings. The third-order valence-electron chi connectivity index (χ3n) is 3.20. The number of methoxy groups -OCH3 is 1. The molecule has 0 aliphatic carbocycles. The van der Waals surface area contributed by atoms with Crippen molar-refractivity contribution < 1.29 is 19.3 Å². The van der Waals surface area contributed by atoms with Crippen LogP contribution in [0, 0.1) is 10.1 Å². The highest BCUT2D eigenvalue weighted by Crippen LogP contribution is 2.14. The Kier molecular flexibility index (Phi) is 6.00. The van der Waals surface area contributed by atoms with E-state index in [2.05, 4.69) is 5.16 Å². The van der Waals surface area contributed by atoms with Crippen molar-refractivity contribution in [3.63, 3.8) is 0 Å². The molecule has 0 saturated carbocycles. The van der Waals surface area contributed by atoms with E-state index in [1.54, 1.807) is 26.2 Å². The van der Waals surface area contributed by atoms with Crippen molar-refractivity contribution in [2.45, 2.75) is 6.92 Å². The quantitative estimate of drug-likeness (QED) is 0.345. The first-order valence-electron chi connectivity index (χ1n) is 7.32. The second-order valence-corrected chi connectivity index (χ2v) is 5.03. The minimum Gasteiger partial charge on any atom is -0.497 e. The van der Waals surface area contributed by atoms with Crippen LogP contribution >= 0.6 is 0 Å². The largest absolute Gasteiger partial charge is 0.497 e. The van der Waals surface area contributed by atoms with Gasteiger partial charge in [0.05, 0.1) is 23.3 Å². The van der Waals surface area contributed by atoms with Crippen LogP contribution in [0.4, 0.5) is 5.69 Å². The summed E-state index contributed by atoms with van der Waals surface area (Å²) in [5.74, 6) is -0.00526. The minimum atomic E-state index is -0.763. The molecule has 25 heavy (non-hydrogen) atoms. The van der Waals surface area contributed by atoms with Gasteiger partial charge in [-0.15, -0.1) is 0 Å². The van der Waals surface area contributed by atoms with Gasteiger partial charge in [0.1, 0.15) is 5.75 Å². The Morgan fingerprint density at radius 2 is 1.92 bits per heavy atom. The van der Waals surface area contributed by atoms with E-state index in [4.69, 9.17) is 9.57 Å². The molecule has 7 nitrogen and oxygen atoms in total. The number of allylic oxidation sites excluding steroid dienone is 1. The molecule has 0 N–H and O–H groups in total. The Hall–Kier alpha value is -3.48. The molecule has 7 heteroatoms. The van der Waals surface area contributed by atoms with E-state index in [1.807, 2.05) is 24.3 Å². The fraction of sp³-hybridized carbons (Fsp3) is 0.111. The van der Waals surface area contributed by atoms with Gasteiger partial charge >= 0.3 is 5.97 Å². The van der Waals surface area contributed by atoms with E-state index in [-0.39, 0.29) is 11.3 Å². The molecule has 0 aliphatic heterocycles. The summed E-state index contributed by atoms with van der Waals surface area (Å²) in [6.45, 7) is 1.67. The van der Waals surface area contributed by atoms with E-state index in [0.29, 0.717) is 5.71 Å². The Morgan fingerprint density at radius 1 is 1.20 bits per heavy atom. The number of hydrogen-bond acceptors (Lipinski definition) is 6. The number of nitro benzene ring substituents is 1. The Bertz CT molecular complexity index is 826. The number of nitrogens with zero attached hydrogens (tertiary/aromatic N) is 2. The Balaban J connectivity index is 1.99. The van der Waals surface area contributed by atoms with Crippen LogP contribution in [0.1, 0.15) is 22.8 Å². The Labute approximate surface area is 144 Å². The number of carbonyl (C=O) groups is 1. The molecule has 128 valence electrons. The normalized spacial score (nSPS) is 11.4. The van der Waals surface area contributed by atoms with Crippen LogP contribution in [-0.2, 0) is 4.84 Å². The lowest BCUT2D eigenvalue weighted by Crippen LogP contribution is -2.03. The number of oxime groups is 1. The van der Waals surface area contributed by atoms with Gasteiger partial charge in [-0.3, -0.25) is 10.1 Å². The molecule has 0 heterocycles. The van der Waals surface area contributed by atoms with E-state index >= 15 is 0 Å². The second kappa shape index (κ2) is 8.39. The van der Waals surface area contributed by atoms with Gasteiger partial charge in [-0.2, -0.15) is 0 Å². The van der Waals surface area contributed by atoms with Gasteiger partial charge in [-0.25, -0.2) is 4.79 Å². The lowest BCUT2D eigenvalue weighted by atomic mass is 10.2. The summed E-state index contributed by atoms with van der Waals surface area (Å²) in [5, 5.41) is 14.4. The maximum Gasteiger partial charge on any atom is 0.365 e. The summed E-state index contributed by atoms with van der Waals surface area (Å²) < 4.78 is 5.08. The standard InChI is InChI=1S/C18H16N2O5/c1-13(6-7-14-8-10-17(24-2)11-9-14)19-25-18(21)15-4-3-5-16(12-15)20(22)23/h3-12H,1-2H3. The predicted octanol–water partition coefficient (Wildman–Crippen LogP) is 3.85. The molecular weight excluding hydrogens is 324 g/mol. The highest BCUT2D eigenvalue weighted by Gasteiger charge is 2.12. The number of non-ortho nitro benzene ring substituents is 1. The summed E-state index contributed by atoms with van der Waals surface area (Å²) in [5.41, 5.74) is 1.27. The molecule has 2 rings (SSSR count). The maximum atomic E-state index is 11.9. The van der Waals surface area contributed by atoms with Crippen LogP contribution in [0.2, 0.25) is 0 Å². The summed E-state index contributed by atoms with van der Waals surface area (Å²) >= 11 is 0. The van der Waals surface area contributed by atoms with Gasteiger partial charge in [-0.05, 0) is 36.8 Å². The number of hydrogen-bond donors (Lipinski definition) is 0. The summed E-state index contributed by atoms with van der Waals surface area (Å²) in [7, 11) is 1.59. The monoisotopic (exact) mass is 340 g/mol. The van der Waals surface area contributed by atoms with Crippen LogP contribution < -0.4 is 4.74 Å². The van der Waals surface area contributed by atoms with Gasteiger partial charge in [0.15, 0.2) is 0 Å². The molecule has 0 fully saturated rings. The average molecular weight is 340 g/mol. The lowest BCUT2D eigenvalue weighted by Gasteiger charge is -2.00. The minimum absolute atomic E-state index is 0.0601. The van der Waals surface area contributed by atoms with Gasteiger partial charge in [0.2, 0.25) is 0 Å². The van der Waals surface area contributed by atoms with Crippen LogP contribution in [-0.4, -0.2) is 23.7 Å². The summed E-state index contributed by atoms with van der Waals surface area (Å²) in [6, 6.07) is 12.7. The molecule has 0 atom stereocenters. The summed E-state index contributed by atoms with van der Waals surface area (Å²) in [4.78, 5) is 26.8. The zero-order chi connectivity index (χ0) is 18.2. The molecular formula is C18H16N2O5. The molecule has 0 radical (unpaired) electrons. The van der Waals surface area contributed by atoms with E-state index < -0.39 is 10.9 Å². The first kappa shape index (κ1) is 17.9. The van der Waals surface area contributed by atoms with Crippen LogP contribution in [0.25, 0.3) is 6.08 Å². The number of carbonyl (C=O) groups excluding carboxylic acids is 1. The van der Waals surface area contributed by atoms with Crippen molar-refractivity contribution in [2.75, 3.05) is 7.11 Å². The number of rotatable bonds is 6. The third-order valence-corrected chi connectivity index (χ3v) is 3.20. The third kappa shape index (κ3) is 5.28. The highest BCUT2D eigenvalue weighted by molar-refractivity contribution is 5.97. The zero-order valence-corrected chi connectivity index (χ0v) is 13.7. The van der Waals surface area contributed by atoms with E-state index in [0.717, 1.165) is 17.4 Å². The molecule has 0 unspecified atom stereocenters. The second-order valence-electron chi connectivity index (χ2n) is 5.03. The van der Waals surface area contributed by atoms with Crippen molar-refractivity contribution in [2.24, 2.45) is 5.16 Å². The number of nitro groups is 1. The molecule has 0 spiro atoms. The predicted molar refractivity (Wildman–Crippen MR) is 93.6 cm³/mol. The molecule has 2 aromatic rings. The fourth-order valence-electron chi connectivity index (χ4n) is 1.87. The summed E-state index contributed by atoms with van der Waals surface area (Å²) in [6.07, 6.45) is 3.49. The maximum absolute atomic E-state index is 11.9. The molecule has 0 saturated heterocycles. The van der Waals surface area contributed by atoms with Crippen LogP contribution in [0.3, 0.4) is 0 Å². The van der Waals surface area contributed by atoms with Crippen molar-refractivity contribution in [3.05, 3.63) is 75.8 Å². The highest BCUT2D eigenvalue weighted by atomic mass is 16.7. The first-order chi connectivity index (χ1) is 12.0. The fourth-order valence-corrected chi connectivity index (χ4v) is 1.87. The molecule has 2 aromatic carbocycles. The average Bonchev–Trinajstić information content (AvgIpc) is 2.64. The first-order valence-corrected chi connectivity index (χ1v) is 7.32. The van der Waals surface area contributed by atoms with Crippen LogP contribution in [0.5, 0.6) is 5.75 Å². The van der Waals surface area contributed by atoms with Crippen molar-refractivity contribution in [1.82, 2.24) is 0 Å². The van der Waals surface area contributed by atoms with Crippen LogP contribution in [0.15, 0.2) is 59.8 Å². The van der Waals surface area contributed by atoms with Crippen molar-refractivity contribution >= 4 is 23.4 Å². The van der Waals surface area contributed by atoms with Gasteiger partial charge in [0.25, 0.3) is 5.69 Å². The topological polar surface area (TPSA) is 91.0 Å². The zero-order valence-electron chi connectivity index (χ0n) is 13.7.